The maximum Gasteiger partial charge on any atom is 0.303 e. The third-order valence-electron chi connectivity index (χ3n) is 4.14. The van der Waals surface area contributed by atoms with Gasteiger partial charge in [-0.15, -0.1) is 0 Å². The van der Waals surface area contributed by atoms with Gasteiger partial charge in [0, 0.05) is 6.42 Å². The Labute approximate surface area is 88.8 Å². The number of hydrogen-bond acceptors (Lipinski definition) is 2. The summed E-state index contributed by atoms with van der Waals surface area (Å²) in [7, 11) is 0. The number of carbonyl (C=O) groups is 1. The molecular formula is C11H18FNO2. The number of hydrogen-bond donors (Lipinski definition) is 2. The standard InChI is InChI=1S/C11H18FNO2/c12-11-2-1-7(6-13)9(5-11)8(4-11)3-10(14)15/h7-9H,1-6,13H2,(H,14,15)/t7?,8-,9-,11-/m0/s1. The van der Waals surface area contributed by atoms with E-state index in [2.05, 4.69) is 0 Å². The van der Waals surface area contributed by atoms with E-state index < -0.39 is 11.6 Å². The smallest absolute Gasteiger partial charge is 0.303 e. The number of carboxylic acid groups (broad SMARTS) is 1. The van der Waals surface area contributed by atoms with Crippen molar-refractivity contribution in [2.45, 2.75) is 37.8 Å². The van der Waals surface area contributed by atoms with E-state index in [1.54, 1.807) is 0 Å². The summed E-state index contributed by atoms with van der Waals surface area (Å²) in [6.45, 7) is 0.566. The molecular weight excluding hydrogens is 197 g/mol. The lowest BCUT2D eigenvalue weighted by atomic mass is 9.76. The molecule has 3 nitrogen and oxygen atoms in total. The lowest BCUT2D eigenvalue weighted by Gasteiger charge is -2.32. The normalized spacial score (nSPS) is 44.3. The van der Waals surface area contributed by atoms with Crippen LogP contribution in [0.25, 0.3) is 0 Å². The van der Waals surface area contributed by atoms with Crippen LogP contribution in [0, 0.1) is 17.8 Å². The molecule has 2 aliphatic carbocycles. The zero-order valence-corrected chi connectivity index (χ0v) is 8.79. The van der Waals surface area contributed by atoms with Crippen LogP contribution in [0.15, 0.2) is 0 Å². The van der Waals surface area contributed by atoms with Crippen LogP contribution in [-0.4, -0.2) is 23.3 Å². The molecule has 0 saturated heterocycles. The fourth-order valence-electron chi connectivity index (χ4n) is 3.45. The molecule has 0 aromatic carbocycles. The van der Waals surface area contributed by atoms with Crippen LogP contribution < -0.4 is 5.73 Å². The topological polar surface area (TPSA) is 63.3 Å². The summed E-state index contributed by atoms with van der Waals surface area (Å²) in [5.74, 6) is -0.277. The highest BCUT2D eigenvalue weighted by atomic mass is 19.1. The molecule has 4 heteroatoms. The minimum absolute atomic E-state index is 0.00329. The molecule has 0 spiro atoms. The minimum Gasteiger partial charge on any atom is -0.481 e. The Morgan fingerprint density at radius 1 is 1.47 bits per heavy atom. The summed E-state index contributed by atoms with van der Waals surface area (Å²) in [6.07, 6.45) is 2.47. The lowest BCUT2D eigenvalue weighted by Crippen LogP contribution is -2.32. The maximum absolute atomic E-state index is 14.1. The van der Waals surface area contributed by atoms with Gasteiger partial charge in [-0.2, -0.15) is 0 Å². The number of carboxylic acids is 1. The van der Waals surface area contributed by atoms with Gasteiger partial charge < -0.3 is 10.8 Å². The largest absolute Gasteiger partial charge is 0.481 e. The first-order valence-corrected chi connectivity index (χ1v) is 5.65. The zero-order valence-electron chi connectivity index (χ0n) is 8.79. The molecule has 4 atom stereocenters. The first kappa shape index (κ1) is 10.9. The van der Waals surface area contributed by atoms with E-state index in [1.165, 1.54) is 0 Å². The van der Waals surface area contributed by atoms with Gasteiger partial charge >= 0.3 is 5.97 Å². The number of aliphatic carboxylic acids is 1. The number of nitrogens with two attached hydrogens (primary N) is 1. The molecule has 2 rings (SSSR count). The van der Waals surface area contributed by atoms with Gasteiger partial charge in [0.15, 0.2) is 0 Å². The molecule has 2 aliphatic rings. The van der Waals surface area contributed by atoms with Crippen molar-refractivity contribution in [1.82, 2.24) is 0 Å². The molecule has 2 fully saturated rings. The number of halogens is 1. The van der Waals surface area contributed by atoms with Gasteiger partial charge in [0.25, 0.3) is 0 Å². The van der Waals surface area contributed by atoms with E-state index in [-0.39, 0.29) is 18.3 Å². The molecule has 0 aromatic rings. The Morgan fingerprint density at radius 2 is 2.20 bits per heavy atom. The predicted molar refractivity (Wildman–Crippen MR) is 54.1 cm³/mol. The van der Waals surface area contributed by atoms with Gasteiger partial charge in [0.05, 0.1) is 0 Å². The Bertz CT molecular complexity index is 271. The molecule has 3 N–H and O–H groups in total. The van der Waals surface area contributed by atoms with E-state index in [9.17, 15) is 9.18 Å². The molecule has 0 heterocycles. The van der Waals surface area contributed by atoms with E-state index in [0.29, 0.717) is 31.7 Å². The summed E-state index contributed by atoms with van der Waals surface area (Å²) in [6, 6.07) is 0. The highest BCUT2D eigenvalue weighted by molar-refractivity contribution is 5.67. The highest BCUT2D eigenvalue weighted by Gasteiger charge is 2.51. The van der Waals surface area contributed by atoms with Gasteiger partial charge in [0.2, 0.25) is 0 Å². The van der Waals surface area contributed by atoms with Gasteiger partial charge in [-0.3, -0.25) is 4.79 Å². The molecule has 1 unspecified atom stereocenters. The third-order valence-corrected chi connectivity index (χ3v) is 4.14. The fourth-order valence-corrected chi connectivity index (χ4v) is 3.45. The van der Waals surface area contributed by atoms with Crippen molar-refractivity contribution in [3.8, 4) is 0 Å². The predicted octanol–water partition coefficient (Wildman–Crippen LogP) is 1.56. The number of rotatable bonds is 3. The average Bonchev–Trinajstić information content (AvgIpc) is 2.39. The second-order valence-electron chi connectivity index (χ2n) is 5.12. The van der Waals surface area contributed by atoms with E-state index in [0.717, 1.165) is 6.42 Å². The van der Waals surface area contributed by atoms with Crippen LogP contribution in [-0.2, 0) is 4.79 Å². The first-order valence-electron chi connectivity index (χ1n) is 5.65. The summed E-state index contributed by atoms with van der Waals surface area (Å²) in [4.78, 5) is 10.7. The van der Waals surface area contributed by atoms with Crippen LogP contribution in [0.2, 0.25) is 0 Å². The molecule has 86 valence electrons. The molecule has 2 bridgehead atoms. The maximum atomic E-state index is 14.1. The zero-order chi connectivity index (χ0) is 11.1. The van der Waals surface area contributed by atoms with Gasteiger partial charge in [-0.25, -0.2) is 4.39 Å². The van der Waals surface area contributed by atoms with E-state index in [1.807, 2.05) is 0 Å². The van der Waals surface area contributed by atoms with Crippen molar-refractivity contribution >= 4 is 5.97 Å². The third kappa shape index (κ3) is 2.00. The Kier molecular flexibility index (Phi) is 2.71. The van der Waals surface area contributed by atoms with Crippen molar-refractivity contribution in [1.29, 1.82) is 0 Å². The van der Waals surface area contributed by atoms with Crippen molar-refractivity contribution in [3.63, 3.8) is 0 Å². The molecule has 0 aromatic heterocycles. The first-order chi connectivity index (χ1) is 7.04. The highest BCUT2D eigenvalue weighted by Crippen LogP contribution is 2.54. The lowest BCUT2D eigenvalue weighted by molar-refractivity contribution is -0.138. The van der Waals surface area contributed by atoms with Crippen LogP contribution in [0.3, 0.4) is 0 Å². The summed E-state index contributed by atoms with van der Waals surface area (Å²) in [5, 5.41) is 8.78. The molecule has 0 amide bonds. The molecule has 0 aliphatic heterocycles. The van der Waals surface area contributed by atoms with Crippen LogP contribution in [0.4, 0.5) is 4.39 Å². The second kappa shape index (κ2) is 3.74. The quantitative estimate of drug-likeness (QED) is 0.751. The Balaban J connectivity index is 2.10. The monoisotopic (exact) mass is 215 g/mol. The van der Waals surface area contributed by atoms with Gasteiger partial charge in [-0.1, -0.05) is 0 Å². The Hall–Kier alpha value is -0.640. The van der Waals surface area contributed by atoms with Crippen molar-refractivity contribution in [2.24, 2.45) is 23.5 Å². The number of fused-ring (bicyclic) bond motifs is 2. The van der Waals surface area contributed by atoms with Crippen molar-refractivity contribution in [2.75, 3.05) is 6.54 Å². The SMILES string of the molecule is NCC1CC[C@]2(F)C[C@H](CC(=O)O)[C@H]1C2. The van der Waals surface area contributed by atoms with Crippen molar-refractivity contribution < 1.29 is 14.3 Å². The van der Waals surface area contributed by atoms with Crippen LogP contribution >= 0.6 is 0 Å². The van der Waals surface area contributed by atoms with Crippen LogP contribution in [0.5, 0.6) is 0 Å². The second-order valence-corrected chi connectivity index (χ2v) is 5.12. The molecule has 2 saturated carbocycles. The average molecular weight is 215 g/mol. The molecule has 0 radical (unpaired) electrons. The van der Waals surface area contributed by atoms with Gasteiger partial charge in [-0.05, 0) is 50.0 Å². The Morgan fingerprint density at radius 3 is 2.80 bits per heavy atom. The van der Waals surface area contributed by atoms with E-state index >= 15 is 0 Å². The van der Waals surface area contributed by atoms with Crippen molar-refractivity contribution in [3.05, 3.63) is 0 Å². The summed E-state index contributed by atoms with van der Waals surface area (Å²) < 4.78 is 14.1. The van der Waals surface area contributed by atoms with Gasteiger partial charge in [0.1, 0.15) is 5.67 Å². The summed E-state index contributed by atoms with van der Waals surface area (Å²) in [5.41, 5.74) is 4.57. The van der Waals surface area contributed by atoms with Crippen LogP contribution in [0.1, 0.15) is 32.1 Å². The molecule has 15 heavy (non-hydrogen) atoms. The van der Waals surface area contributed by atoms with E-state index in [4.69, 9.17) is 10.8 Å². The minimum atomic E-state index is -1.09. The fraction of sp³-hybridized carbons (Fsp3) is 0.909. The summed E-state index contributed by atoms with van der Waals surface area (Å²) >= 11 is 0. The number of alkyl halides is 1.